The van der Waals surface area contributed by atoms with E-state index in [2.05, 4.69) is 11.6 Å². The molecular formula is C6H8ClN2. The van der Waals surface area contributed by atoms with Gasteiger partial charge in [-0.3, -0.25) is 0 Å². The fourth-order valence-corrected chi connectivity index (χ4v) is 0.544. The quantitative estimate of drug-likeness (QED) is 0.386. The molecule has 1 aliphatic heterocycles. The Morgan fingerprint density at radius 3 is 2.89 bits per heavy atom. The van der Waals surface area contributed by atoms with Crippen LogP contribution in [0, 0.1) is 0 Å². The normalized spacial score (nSPS) is 13.6. The molecule has 0 aromatic carbocycles. The van der Waals surface area contributed by atoms with Crippen LogP contribution in [0.1, 0.15) is 0 Å². The number of nitrogens with zero attached hydrogens (tertiary/aromatic N) is 2. The van der Waals surface area contributed by atoms with Crippen molar-refractivity contribution in [2.45, 2.75) is 0 Å². The van der Waals surface area contributed by atoms with Crippen LogP contribution >= 0.6 is 0 Å². The summed E-state index contributed by atoms with van der Waals surface area (Å²) >= 11 is 0. The molecule has 0 bridgehead atoms. The third-order valence-corrected chi connectivity index (χ3v) is 0.899. The topological polar surface area (TPSA) is 17.3 Å². The minimum atomic E-state index is 0. The molecule has 0 atom stereocenters. The third-order valence-electron chi connectivity index (χ3n) is 0.899. The lowest BCUT2D eigenvalue weighted by atomic mass is 10.6. The first-order valence-electron chi connectivity index (χ1n) is 2.50. The highest BCUT2D eigenvalue weighted by molar-refractivity contribution is 5.58. The summed E-state index contributed by atoms with van der Waals surface area (Å²) < 4.78 is 0. The van der Waals surface area contributed by atoms with E-state index < -0.39 is 0 Å². The summed E-state index contributed by atoms with van der Waals surface area (Å²) in [7, 11) is 0. The molecule has 0 amide bonds. The Bertz CT molecular complexity index is 128. The van der Waals surface area contributed by atoms with Gasteiger partial charge in [0.1, 0.15) is 12.7 Å². The zero-order valence-electron chi connectivity index (χ0n) is 5.00. The Morgan fingerprint density at radius 2 is 2.44 bits per heavy atom. The van der Waals surface area contributed by atoms with Crippen molar-refractivity contribution in [1.82, 2.24) is 9.89 Å². The first-order chi connectivity index (χ1) is 3.93. The Balaban J connectivity index is 0.000000640. The van der Waals surface area contributed by atoms with E-state index >= 15 is 0 Å². The number of aliphatic imine (C=N–C) groups is 1. The Hall–Kier alpha value is -0.760. The third kappa shape index (κ3) is 2.33. The van der Waals surface area contributed by atoms with Gasteiger partial charge in [0.15, 0.2) is 6.20 Å². The van der Waals surface area contributed by atoms with Gasteiger partial charge in [-0.25, -0.2) is 4.90 Å². The van der Waals surface area contributed by atoms with E-state index in [4.69, 9.17) is 0 Å². The summed E-state index contributed by atoms with van der Waals surface area (Å²) in [6, 6.07) is 0. The van der Waals surface area contributed by atoms with E-state index in [9.17, 15) is 0 Å². The van der Waals surface area contributed by atoms with E-state index in [1.54, 1.807) is 12.5 Å². The largest absolute Gasteiger partial charge is 1.00 e. The van der Waals surface area contributed by atoms with E-state index in [-0.39, 0.29) is 12.4 Å². The Kier molecular flexibility index (Phi) is 3.80. The van der Waals surface area contributed by atoms with Crippen molar-refractivity contribution < 1.29 is 12.4 Å². The highest BCUT2D eigenvalue weighted by atomic mass is 35.5. The van der Waals surface area contributed by atoms with Gasteiger partial charge in [0.2, 0.25) is 0 Å². The summed E-state index contributed by atoms with van der Waals surface area (Å²) in [5, 5.41) is 0. The smallest absolute Gasteiger partial charge is 0.286 e. The highest BCUT2D eigenvalue weighted by Crippen LogP contribution is 1.87. The van der Waals surface area contributed by atoms with Crippen LogP contribution in [0.15, 0.2) is 25.1 Å². The fraction of sp³-hybridized carbons (Fsp3) is 0.167. The zero-order valence-corrected chi connectivity index (χ0v) is 5.75. The SMILES string of the molecule is C=CCN1C=C[N+]=C1.[Cl-]. The van der Waals surface area contributed by atoms with Crippen LogP contribution in [0.25, 0.3) is 0 Å². The zero-order chi connectivity index (χ0) is 5.82. The average molecular weight is 144 g/mol. The van der Waals surface area contributed by atoms with Gasteiger partial charge in [0.05, 0.1) is 0 Å². The maximum atomic E-state index is 3.86. The molecule has 9 heavy (non-hydrogen) atoms. The number of rotatable bonds is 2. The van der Waals surface area contributed by atoms with E-state index in [1.165, 1.54) is 0 Å². The minimum absolute atomic E-state index is 0. The van der Waals surface area contributed by atoms with Crippen molar-refractivity contribution in [2.24, 2.45) is 0 Å². The predicted octanol–water partition coefficient (Wildman–Crippen LogP) is -2.67. The molecule has 0 fully saturated rings. The van der Waals surface area contributed by atoms with E-state index in [0.29, 0.717) is 0 Å². The number of hydrogen-bond donors (Lipinski definition) is 0. The average Bonchev–Trinajstić information content (AvgIpc) is 2.19. The number of halogens is 1. The molecule has 2 nitrogen and oxygen atoms in total. The first-order valence-corrected chi connectivity index (χ1v) is 2.50. The molecule has 0 saturated heterocycles. The molecule has 0 aromatic heterocycles. The van der Waals surface area contributed by atoms with E-state index in [0.717, 1.165) is 6.54 Å². The maximum absolute atomic E-state index is 3.86. The lowest BCUT2D eigenvalue weighted by Gasteiger charge is -1.94. The Labute approximate surface area is 61.0 Å². The van der Waals surface area contributed by atoms with Crippen LogP contribution in [0.3, 0.4) is 0 Å². The molecule has 0 saturated carbocycles. The van der Waals surface area contributed by atoms with Gasteiger partial charge in [-0.05, 0) is 0 Å². The molecule has 1 rings (SSSR count). The first kappa shape index (κ1) is 8.24. The van der Waals surface area contributed by atoms with Gasteiger partial charge in [0.25, 0.3) is 6.34 Å². The van der Waals surface area contributed by atoms with Crippen molar-refractivity contribution in [3.63, 3.8) is 0 Å². The molecule has 0 aromatic rings. The van der Waals surface area contributed by atoms with Crippen LogP contribution in [0.2, 0.25) is 0 Å². The summed E-state index contributed by atoms with van der Waals surface area (Å²) in [5.41, 5.74) is 0. The van der Waals surface area contributed by atoms with Crippen LogP contribution in [-0.4, -0.2) is 17.8 Å². The van der Waals surface area contributed by atoms with Gasteiger partial charge < -0.3 is 12.4 Å². The fourth-order valence-electron chi connectivity index (χ4n) is 0.544. The summed E-state index contributed by atoms with van der Waals surface area (Å²) in [6.07, 6.45) is 7.26. The standard InChI is InChI=1S/C6H8N2.ClH/c1-2-4-8-5-3-7-6-8;/h2-3,5-6H,1,4H2;1H/q+1;/p-1. The van der Waals surface area contributed by atoms with Gasteiger partial charge in [0, 0.05) is 0 Å². The Morgan fingerprint density at radius 1 is 1.67 bits per heavy atom. The molecule has 1 radical (unpaired) electrons. The van der Waals surface area contributed by atoms with Crippen LogP contribution in [0.4, 0.5) is 0 Å². The van der Waals surface area contributed by atoms with Gasteiger partial charge in [-0.1, -0.05) is 17.6 Å². The second kappa shape index (κ2) is 4.15. The summed E-state index contributed by atoms with van der Waals surface area (Å²) in [4.78, 5) is 5.81. The molecule has 0 spiro atoms. The molecule has 1 aliphatic rings. The van der Waals surface area contributed by atoms with Crippen molar-refractivity contribution in [2.75, 3.05) is 6.54 Å². The van der Waals surface area contributed by atoms with Crippen molar-refractivity contribution in [1.29, 1.82) is 0 Å². The van der Waals surface area contributed by atoms with Crippen LogP contribution in [0.5, 0.6) is 0 Å². The molecule has 0 unspecified atom stereocenters. The van der Waals surface area contributed by atoms with Gasteiger partial charge in [-0.2, -0.15) is 0 Å². The molecule has 0 N–H and O–H groups in total. The summed E-state index contributed by atoms with van der Waals surface area (Å²) in [6.45, 7) is 4.43. The van der Waals surface area contributed by atoms with Gasteiger partial charge in [-0.15, -0.1) is 0 Å². The lowest BCUT2D eigenvalue weighted by Crippen LogP contribution is -3.00. The van der Waals surface area contributed by atoms with Crippen molar-refractivity contribution in [3.05, 3.63) is 25.1 Å². The predicted molar refractivity (Wildman–Crippen MR) is 34.2 cm³/mol. The van der Waals surface area contributed by atoms with Crippen LogP contribution < -0.4 is 17.4 Å². The highest BCUT2D eigenvalue weighted by Gasteiger charge is 2.03. The van der Waals surface area contributed by atoms with E-state index in [1.807, 2.05) is 17.2 Å². The maximum Gasteiger partial charge on any atom is 0.286 e. The summed E-state index contributed by atoms with van der Waals surface area (Å²) in [5.74, 6) is 0. The minimum Gasteiger partial charge on any atom is -1.00 e. The molecule has 3 heteroatoms. The number of hydrogen-bond acceptors (Lipinski definition) is 2. The van der Waals surface area contributed by atoms with Crippen molar-refractivity contribution in [3.8, 4) is 0 Å². The molecule has 0 aliphatic carbocycles. The monoisotopic (exact) mass is 143 g/mol. The van der Waals surface area contributed by atoms with Gasteiger partial charge >= 0.3 is 0 Å². The molecule has 49 valence electrons. The molecular weight excluding hydrogens is 136 g/mol. The van der Waals surface area contributed by atoms with Crippen LogP contribution in [-0.2, 0) is 0 Å². The van der Waals surface area contributed by atoms with Crippen molar-refractivity contribution >= 4 is 6.34 Å². The second-order valence-corrected chi connectivity index (χ2v) is 1.55. The molecule has 1 heterocycles. The second-order valence-electron chi connectivity index (χ2n) is 1.55. The lowest BCUT2D eigenvalue weighted by molar-refractivity contribution is -0.00000169.